The van der Waals surface area contributed by atoms with Crippen LogP contribution in [0.15, 0.2) is 6.20 Å². The summed E-state index contributed by atoms with van der Waals surface area (Å²) >= 11 is 0. The topological polar surface area (TPSA) is 53.1 Å². The molecule has 0 radical (unpaired) electrons. The van der Waals surface area contributed by atoms with Gasteiger partial charge in [0, 0.05) is 19.2 Å². The summed E-state index contributed by atoms with van der Waals surface area (Å²) in [5, 5.41) is 4.09. The summed E-state index contributed by atoms with van der Waals surface area (Å²) < 4.78 is 1.84. The molecule has 62 valence electrons. The van der Waals surface area contributed by atoms with Crippen LogP contribution < -0.4 is 5.90 Å². The van der Waals surface area contributed by atoms with Gasteiger partial charge in [-0.25, -0.2) is 5.90 Å². The lowest BCUT2D eigenvalue weighted by molar-refractivity contribution is 0.141. The molecule has 4 heteroatoms. The van der Waals surface area contributed by atoms with Gasteiger partial charge in [-0.3, -0.25) is 4.68 Å². The van der Waals surface area contributed by atoms with Gasteiger partial charge in [-0.05, 0) is 12.5 Å². The Morgan fingerprint density at radius 2 is 2.45 bits per heavy atom. The van der Waals surface area contributed by atoms with Crippen LogP contribution >= 0.6 is 0 Å². The van der Waals surface area contributed by atoms with Crippen molar-refractivity contribution in [3.05, 3.63) is 17.5 Å². The molecule has 0 saturated heterocycles. The third-order valence-corrected chi connectivity index (χ3v) is 1.83. The van der Waals surface area contributed by atoms with E-state index in [4.69, 9.17) is 5.90 Å². The van der Waals surface area contributed by atoms with E-state index in [1.165, 1.54) is 11.3 Å². The number of rotatable bonds is 3. The van der Waals surface area contributed by atoms with E-state index < -0.39 is 0 Å². The zero-order valence-corrected chi connectivity index (χ0v) is 6.87. The normalized spacial score (nSPS) is 10.5. The summed E-state index contributed by atoms with van der Waals surface area (Å²) in [4.78, 5) is 4.47. The van der Waals surface area contributed by atoms with Gasteiger partial charge in [0.25, 0.3) is 0 Å². The Labute approximate surface area is 65.9 Å². The first-order valence-corrected chi connectivity index (χ1v) is 3.55. The molecule has 0 bridgehead atoms. The van der Waals surface area contributed by atoms with Crippen molar-refractivity contribution in [2.45, 2.75) is 13.3 Å². The van der Waals surface area contributed by atoms with Gasteiger partial charge in [0.2, 0.25) is 0 Å². The van der Waals surface area contributed by atoms with Crippen molar-refractivity contribution in [3.63, 3.8) is 0 Å². The van der Waals surface area contributed by atoms with E-state index in [0.29, 0.717) is 6.61 Å². The quantitative estimate of drug-likeness (QED) is 0.633. The number of nitrogens with two attached hydrogens (primary N) is 1. The van der Waals surface area contributed by atoms with E-state index in [9.17, 15) is 0 Å². The largest absolute Gasteiger partial charge is 0.304 e. The fourth-order valence-electron chi connectivity index (χ4n) is 0.958. The predicted octanol–water partition coefficient (Wildman–Crippen LogP) is 0.161. The predicted molar refractivity (Wildman–Crippen MR) is 41.8 cm³/mol. The van der Waals surface area contributed by atoms with E-state index in [1.54, 1.807) is 0 Å². The summed E-state index contributed by atoms with van der Waals surface area (Å²) in [5.74, 6) is 4.91. The second kappa shape index (κ2) is 3.50. The Kier molecular flexibility index (Phi) is 2.62. The Morgan fingerprint density at radius 3 is 2.91 bits per heavy atom. The molecule has 2 N–H and O–H groups in total. The average Bonchev–Trinajstić information content (AvgIpc) is 2.31. The van der Waals surface area contributed by atoms with E-state index >= 15 is 0 Å². The maximum atomic E-state index is 4.91. The van der Waals surface area contributed by atoms with Crippen molar-refractivity contribution in [1.29, 1.82) is 0 Å². The van der Waals surface area contributed by atoms with Crippen LogP contribution in [0.25, 0.3) is 0 Å². The van der Waals surface area contributed by atoms with Crippen molar-refractivity contribution < 1.29 is 4.84 Å². The molecule has 0 spiro atoms. The first kappa shape index (κ1) is 8.23. The van der Waals surface area contributed by atoms with Gasteiger partial charge in [0.05, 0.1) is 12.8 Å². The summed E-state index contributed by atoms with van der Waals surface area (Å²) in [6, 6.07) is 0. The Balaban J connectivity index is 2.63. The SMILES string of the molecule is Cc1c(CCON)cnn1C. The van der Waals surface area contributed by atoms with Crippen LogP contribution in [-0.4, -0.2) is 16.4 Å². The highest BCUT2D eigenvalue weighted by Crippen LogP contribution is 2.05. The zero-order chi connectivity index (χ0) is 8.27. The molecule has 0 unspecified atom stereocenters. The number of aryl methyl sites for hydroxylation is 1. The monoisotopic (exact) mass is 155 g/mol. The number of hydrogen-bond acceptors (Lipinski definition) is 3. The molecule has 0 aliphatic heterocycles. The van der Waals surface area contributed by atoms with Gasteiger partial charge in [-0.2, -0.15) is 5.10 Å². The number of hydrogen-bond donors (Lipinski definition) is 1. The minimum absolute atomic E-state index is 0.548. The molecule has 0 aliphatic rings. The van der Waals surface area contributed by atoms with Gasteiger partial charge < -0.3 is 4.84 Å². The number of aromatic nitrogens is 2. The van der Waals surface area contributed by atoms with Crippen LogP contribution in [0.2, 0.25) is 0 Å². The molecular formula is C7H13N3O. The van der Waals surface area contributed by atoms with Crippen LogP contribution in [0.5, 0.6) is 0 Å². The average molecular weight is 155 g/mol. The molecule has 1 rings (SSSR count). The Hall–Kier alpha value is -0.870. The highest BCUT2D eigenvalue weighted by Gasteiger charge is 2.01. The Morgan fingerprint density at radius 1 is 1.73 bits per heavy atom. The van der Waals surface area contributed by atoms with Gasteiger partial charge in [0.1, 0.15) is 0 Å². The minimum Gasteiger partial charge on any atom is -0.304 e. The van der Waals surface area contributed by atoms with Crippen LogP contribution in [0.1, 0.15) is 11.3 Å². The fraction of sp³-hybridized carbons (Fsp3) is 0.571. The third kappa shape index (κ3) is 1.78. The van der Waals surface area contributed by atoms with Gasteiger partial charge in [0.15, 0.2) is 0 Å². The van der Waals surface area contributed by atoms with E-state index in [-0.39, 0.29) is 0 Å². The lowest BCUT2D eigenvalue weighted by Crippen LogP contribution is -2.04. The van der Waals surface area contributed by atoms with Crippen molar-refractivity contribution in [2.75, 3.05) is 6.61 Å². The third-order valence-electron chi connectivity index (χ3n) is 1.83. The molecule has 0 aliphatic carbocycles. The van der Waals surface area contributed by atoms with Gasteiger partial charge in [-0.1, -0.05) is 0 Å². The molecule has 1 aromatic rings. The second-order valence-electron chi connectivity index (χ2n) is 2.50. The fourth-order valence-corrected chi connectivity index (χ4v) is 0.958. The molecule has 0 amide bonds. The molecule has 0 fully saturated rings. The van der Waals surface area contributed by atoms with E-state index in [0.717, 1.165) is 6.42 Å². The molecule has 0 saturated carbocycles. The molecule has 0 aromatic carbocycles. The zero-order valence-electron chi connectivity index (χ0n) is 6.87. The molecule has 4 nitrogen and oxygen atoms in total. The molecule has 0 atom stereocenters. The highest BCUT2D eigenvalue weighted by atomic mass is 16.6. The lowest BCUT2D eigenvalue weighted by atomic mass is 10.2. The van der Waals surface area contributed by atoms with Crippen LogP contribution in [-0.2, 0) is 18.3 Å². The summed E-state index contributed by atoms with van der Waals surface area (Å²) in [6.07, 6.45) is 2.67. The second-order valence-corrected chi connectivity index (χ2v) is 2.50. The van der Waals surface area contributed by atoms with Crippen molar-refractivity contribution in [3.8, 4) is 0 Å². The van der Waals surface area contributed by atoms with Gasteiger partial charge >= 0.3 is 0 Å². The number of nitrogens with zero attached hydrogens (tertiary/aromatic N) is 2. The lowest BCUT2D eigenvalue weighted by Gasteiger charge is -1.98. The molecule has 1 heterocycles. The maximum Gasteiger partial charge on any atom is 0.0720 e. The maximum absolute atomic E-state index is 4.91. The summed E-state index contributed by atoms with van der Waals surface area (Å²) in [6.45, 7) is 2.57. The Bertz CT molecular complexity index is 232. The summed E-state index contributed by atoms with van der Waals surface area (Å²) in [7, 11) is 1.92. The smallest absolute Gasteiger partial charge is 0.0720 e. The first-order chi connectivity index (χ1) is 5.25. The van der Waals surface area contributed by atoms with Crippen molar-refractivity contribution >= 4 is 0 Å². The van der Waals surface area contributed by atoms with Crippen LogP contribution in [0, 0.1) is 6.92 Å². The van der Waals surface area contributed by atoms with Crippen LogP contribution in [0.4, 0.5) is 0 Å². The van der Waals surface area contributed by atoms with Crippen LogP contribution in [0.3, 0.4) is 0 Å². The van der Waals surface area contributed by atoms with E-state index in [2.05, 4.69) is 9.94 Å². The highest BCUT2D eigenvalue weighted by molar-refractivity contribution is 5.15. The van der Waals surface area contributed by atoms with Crippen molar-refractivity contribution in [2.24, 2.45) is 12.9 Å². The first-order valence-electron chi connectivity index (χ1n) is 3.55. The van der Waals surface area contributed by atoms with Crippen molar-refractivity contribution in [1.82, 2.24) is 9.78 Å². The van der Waals surface area contributed by atoms with E-state index in [1.807, 2.05) is 24.9 Å². The summed E-state index contributed by atoms with van der Waals surface area (Å²) in [5.41, 5.74) is 2.36. The minimum atomic E-state index is 0.548. The molecule has 11 heavy (non-hydrogen) atoms. The molecular weight excluding hydrogens is 142 g/mol. The standard InChI is InChI=1S/C7H13N3O/c1-6-7(3-4-11-8)5-9-10(6)2/h5H,3-4,8H2,1-2H3. The molecule has 1 aromatic heterocycles. The van der Waals surface area contributed by atoms with Gasteiger partial charge in [-0.15, -0.1) is 0 Å².